The summed E-state index contributed by atoms with van der Waals surface area (Å²) >= 11 is 0. The van der Waals surface area contributed by atoms with E-state index in [0.717, 1.165) is 17.2 Å². The molecule has 1 amide bonds. The first-order valence-corrected chi connectivity index (χ1v) is 8.71. The van der Waals surface area contributed by atoms with Crippen LogP contribution >= 0.6 is 0 Å². The molecule has 0 radical (unpaired) electrons. The van der Waals surface area contributed by atoms with Gasteiger partial charge in [-0.3, -0.25) is 9.48 Å². The van der Waals surface area contributed by atoms with Gasteiger partial charge in [0.25, 0.3) is 5.91 Å². The topological polar surface area (TPSA) is 70.3 Å². The molecule has 0 saturated heterocycles. The van der Waals surface area contributed by atoms with Crippen molar-refractivity contribution in [2.45, 2.75) is 13.8 Å². The van der Waals surface area contributed by atoms with Gasteiger partial charge in [-0.05, 0) is 38.1 Å². The largest absolute Gasteiger partial charge is 0.491 e. The first kappa shape index (κ1) is 18.7. The van der Waals surface area contributed by atoms with E-state index in [1.165, 1.54) is 0 Å². The molecule has 142 valence electrons. The third-order valence-electron chi connectivity index (χ3n) is 4.28. The molecule has 0 saturated carbocycles. The van der Waals surface area contributed by atoms with Crippen LogP contribution in [0.3, 0.4) is 0 Å². The molecule has 0 aliphatic heterocycles. The second-order valence-electron chi connectivity index (χ2n) is 6.28. The third kappa shape index (κ3) is 4.03. The molecule has 0 unspecified atom stereocenters. The zero-order valence-corrected chi connectivity index (χ0v) is 16.0. The number of carbonyl (C=O) groups is 1. The van der Waals surface area contributed by atoms with E-state index < -0.39 is 0 Å². The van der Waals surface area contributed by atoms with Crippen molar-refractivity contribution in [3.05, 3.63) is 59.5 Å². The Bertz CT molecular complexity index is 923. The van der Waals surface area contributed by atoms with Gasteiger partial charge in [0.2, 0.25) is 0 Å². The Hall–Kier alpha value is -3.06. The van der Waals surface area contributed by atoms with E-state index in [1.54, 1.807) is 24.1 Å². The second-order valence-corrected chi connectivity index (χ2v) is 6.28. The second kappa shape index (κ2) is 8.09. The first-order chi connectivity index (χ1) is 13.0. The first-order valence-electron chi connectivity index (χ1n) is 8.71. The number of amides is 1. The van der Waals surface area contributed by atoms with Crippen molar-refractivity contribution in [1.29, 1.82) is 0 Å². The van der Waals surface area contributed by atoms with E-state index in [1.807, 2.05) is 55.8 Å². The van der Waals surface area contributed by atoms with Gasteiger partial charge in [-0.25, -0.2) is 0 Å². The van der Waals surface area contributed by atoms with Gasteiger partial charge in [-0.2, -0.15) is 5.10 Å². The number of benzene rings is 1. The highest BCUT2D eigenvalue weighted by molar-refractivity contribution is 6.06. The maximum atomic E-state index is 12.9. The molecule has 2 heterocycles. The van der Waals surface area contributed by atoms with Crippen molar-refractivity contribution >= 4 is 11.6 Å². The van der Waals surface area contributed by atoms with Gasteiger partial charge in [0.15, 0.2) is 0 Å². The van der Waals surface area contributed by atoms with Gasteiger partial charge in [0.1, 0.15) is 23.7 Å². The van der Waals surface area contributed by atoms with Crippen LogP contribution in [0.2, 0.25) is 0 Å². The Labute approximate surface area is 158 Å². The van der Waals surface area contributed by atoms with Crippen LogP contribution in [0.4, 0.5) is 5.69 Å². The zero-order valence-electron chi connectivity index (χ0n) is 16.0. The van der Waals surface area contributed by atoms with E-state index in [4.69, 9.17) is 9.47 Å². The fourth-order valence-corrected chi connectivity index (χ4v) is 2.96. The van der Waals surface area contributed by atoms with Crippen LogP contribution < -0.4 is 10.1 Å². The monoisotopic (exact) mass is 368 g/mol. The Morgan fingerprint density at radius 1 is 1.15 bits per heavy atom. The van der Waals surface area contributed by atoms with Crippen molar-refractivity contribution in [1.82, 2.24) is 14.3 Å². The van der Waals surface area contributed by atoms with Crippen LogP contribution in [0.5, 0.6) is 5.75 Å². The van der Waals surface area contributed by atoms with Crippen molar-refractivity contribution in [2.24, 2.45) is 7.05 Å². The highest BCUT2D eigenvalue weighted by atomic mass is 16.5. The Balaban J connectivity index is 1.83. The summed E-state index contributed by atoms with van der Waals surface area (Å²) in [4.78, 5) is 12.9. The van der Waals surface area contributed by atoms with E-state index in [9.17, 15) is 4.79 Å². The lowest BCUT2D eigenvalue weighted by Crippen LogP contribution is -2.16. The molecule has 3 rings (SSSR count). The Morgan fingerprint density at radius 3 is 2.59 bits per heavy atom. The molecular weight excluding hydrogens is 344 g/mol. The summed E-state index contributed by atoms with van der Waals surface area (Å²) in [5.41, 5.74) is 3.24. The quantitative estimate of drug-likeness (QED) is 0.651. The van der Waals surface area contributed by atoms with Gasteiger partial charge >= 0.3 is 0 Å². The smallest absolute Gasteiger partial charge is 0.261 e. The van der Waals surface area contributed by atoms with Crippen LogP contribution in [-0.4, -0.2) is 40.6 Å². The van der Waals surface area contributed by atoms with Crippen LogP contribution in [0.15, 0.2) is 42.6 Å². The lowest BCUT2D eigenvalue weighted by molar-refractivity contribution is 0.102. The van der Waals surface area contributed by atoms with Gasteiger partial charge in [0, 0.05) is 37.3 Å². The number of rotatable bonds is 7. The number of methoxy groups -OCH3 is 1. The lowest BCUT2D eigenvalue weighted by atomic mass is 10.2. The summed E-state index contributed by atoms with van der Waals surface area (Å²) in [6.07, 6.45) is 1.59. The lowest BCUT2D eigenvalue weighted by Gasteiger charge is -2.13. The van der Waals surface area contributed by atoms with Gasteiger partial charge in [-0.1, -0.05) is 6.07 Å². The van der Waals surface area contributed by atoms with E-state index in [-0.39, 0.29) is 5.91 Å². The number of aryl methyl sites for hydroxylation is 3. The van der Waals surface area contributed by atoms with Gasteiger partial charge in [0.05, 0.1) is 12.8 Å². The van der Waals surface area contributed by atoms with Crippen LogP contribution in [0.25, 0.3) is 5.82 Å². The molecule has 0 spiro atoms. The highest BCUT2D eigenvalue weighted by Crippen LogP contribution is 2.22. The molecule has 1 N–H and O–H groups in total. The van der Waals surface area contributed by atoms with Crippen molar-refractivity contribution in [2.75, 3.05) is 25.6 Å². The SMILES string of the molecule is COCCOc1cccc(NC(=O)c2cnn(C)c2-n2c(C)ccc2C)c1. The third-order valence-corrected chi connectivity index (χ3v) is 4.28. The van der Waals surface area contributed by atoms with E-state index in [2.05, 4.69) is 10.4 Å². The molecule has 3 aromatic rings. The average Bonchev–Trinajstić information content (AvgIpc) is 3.17. The van der Waals surface area contributed by atoms with E-state index >= 15 is 0 Å². The van der Waals surface area contributed by atoms with Crippen molar-refractivity contribution < 1.29 is 14.3 Å². The molecule has 2 aromatic heterocycles. The maximum Gasteiger partial charge on any atom is 0.261 e. The molecule has 0 bridgehead atoms. The minimum atomic E-state index is -0.223. The predicted molar refractivity (Wildman–Crippen MR) is 104 cm³/mol. The molecular formula is C20H24N4O3. The number of nitrogens with zero attached hydrogens (tertiary/aromatic N) is 3. The summed E-state index contributed by atoms with van der Waals surface area (Å²) < 4.78 is 14.3. The average molecular weight is 368 g/mol. The summed E-state index contributed by atoms with van der Waals surface area (Å²) in [5.74, 6) is 1.19. The zero-order chi connectivity index (χ0) is 19.4. The molecule has 1 aromatic carbocycles. The molecule has 0 aliphatic rings. The fraction of sp³-hybridized carbons (Fsp3) is 0.300. The van der Waals surface area contributed by atoms with Crippen LogP contribution in [0.1, 0.15) is 21.7 Å². The van der Waals surface area contributed by atoms with Gasteiger partial charge in [-0.15, -0.1) is 0 Å². The number of anilines is 1. The molecule has 0 atom stereocenters. The number of aromatic nitrogens is 3. The summed E-state index contributed by atoms with van der Waals surface area (Å²) in [6.45, 7) is 4.96. The molecule has 7 heteroatoms. The Kier molecular flexibility index (Phi) is 5.61. The predicted octanol–water partition coefficient (Wildman–Crippen LogP) is 3.11. The molecule has 0 aliphatic carbocycles. The summed E-state index contributed by atoms with van der Waals surface area (Å²) in [5, 5.41) is 7.21. The number of ether oxygens (including phenoxy) is 2. The minimum absolute atomic E-state index is 0.223. The maximum absolute atomic E-state index is 12.9. The number of nitrogens with one attached hydrogen (secondary N) is 1. The summed E-state index contributed by atoms with van der Waals surface area (Å²) in [6, 6.07) is 11.3. The minimum Gasteiger partial charge on any atom is -0.491 e. The van der Waals surface area contributed by atoms with E-state index in [0.29, 0.717) is 30.2 Å². The Morgan fingerprint density at radius 2 is 1.89 bits per heavy atom. The van der Waals surface area contributed by atoms with Crippen molar-refractivity contribution in [3.8, 4) is 11.6 Å². The molecule has 27 heavy (non-hydrogen) atoms. The highest BCUT2D eigenvalue weighted by Gasteiger charge is 2.20. The van der Waals surface area contributed by atoms with Crippen LogP contribution in [-0.2, 0) is 11.8 Å². The summed E-state index contributed by atoms with van der Waals surface area (Å²) in [7, 11) is 3.45. The molecule has 0 fully saturated rings. The normalized spacial score (nSPS) is 10.8. The number of hydrogen-bond acceptors (Lipinski definition) is 4. The van der Waals surface area contributed by atoms with Gasteiger partial charge < -0.3 is 19.4 Å². The van der Waals surface area contributed by atoms with Crippen LogP contribution in [0, 0.1) is 13.8 Å². The number of carbonyl (C=O) groups excluding carboxylic acids is 1. The standard InChI is InChI=1S/C20H24N4O3/c1-14-8-9-15(2)24(14)20-18(13-21-23(20)3)19(25)22-16-6-5-7-17(12-16)27-11-10-26-4/h5-9,12-13H,10-11H2,1-4H3,(H,22,25). The number of hydrogen-bond donors (Lipinski definition) is 1. The fourth-order valence-electron chi connectivity index (χ4n) is 2.96. The van der Waals surface area contributed by atoms with Crippen molar-refractivity contribution in [3.63, 3.8) is 0 Å². The molecule has 7 nitrogen and oxygen atoms in total.